The molecule has 3 aromatic heterocycles. The molecule has 0 radical (unpaired) electrons. The lowest BCUT2D eigenvalue weighted by Gasteiger charge is -2.45. The molecular formula is C65H44N6. The Morgan fingerprint density at radius 3 is 1.68 bits per heavy atom. The fourth-order valence-electron chi connectivity index (χ4n) is 11.8. The van der Waals surface area contributed by atoms with Gasteiger partial charge in [-0.2, -0.15) is 9.97 Å². The Balaban J connectivity index is 1.04. The Morgan fingerprint density at radius 2 is 1.00 bits per heavy atom. The largest absolute Gasteiger partial charge is 0.310 e. The summed E-state index contributed by atoms with van der Waals surface area (Å²) in [5.74, 6) is 1.74. The van der Waals surface area contributed by atoms with Crippen LogP contribution < -0.4 is 4.90 Å². The fraction of sp³-hybridized carbons (Fsp3) is 0.0308. The van der Waals surface area contributed by atoms with Crippen molar-refractivity contribution in [3.63, 3.8) is 0 Å². The second kappa shape index (κ2) is 15.8. The van der Waals surface area contributed by atoms with Gasteiger partial charge in [0.15, 0.2) is 11.6 Å². The summed E-state index contributed by atoms with van der Waals surface area (Å²) < 4.78 is 4.61. The highest BCUT2D eigenvalue weighted by Crippen LogP contribution is 2.63. The van der Waals surface area contributed by atoms with Gasteiger partial charge in [0.05, 0.1) is 38.9 Å². The van der Waals surface area contributed by atoms with Gasteiger partial charge in [-0.05, 0) is 107 Å². The number of hydrogen-bond donors (Lipinski definition) is 0. The average Bonchev–Trinajstić information content (AvgIpc) is 4.05. The Kier molecular flexibility index (Phi) is 9.07. The minimum absolute atomic E-state index is 0.550. The topological polar surface area (TPSA) is 51.8 Å². The summed E-state index contributed by atoms with van der Waals surface area (Å²) in [6.45, 7) is 6.34. The van der Waals surface area contributed by atoms with Crippen molar-refractivity contribution in [1.29, 1.82) is 0 Å². The maximum atomic E-state index is 5.55. The molecule has 0 fully saturated rings. The highest BCUT2D eigenvalue weighted by Gasteiger charge is 2.51. The van der Waals surface area contributed by atoms with Gasteiger partial charge >= 0.3 is 0 Å². The zero-order valence-corrected chi connectivity index (χ0v) is 38.9. The number of benzene rings is 9. The maximum absolute atomic E-state index is 5.55. The van der Waals surface area contributed by atoms with Crippen LogP contribution in [0.1, 0.15) is 29.2 Å². The molecule has 0 saturated heterocycles. The van der Waals surface area contributed by atoms with Crippen molar-refractivity contribution in [3.8, 4) is 45.5 Å². The molecule has 0 atom stereocenters. The standard InChI is InChI=1S/C65H44N6/c1-3-5-24-44(4-2)69-58-35-20-16-31-53(58)65(54-32-17-21-36-59(54)69)52-30-15-12-27-46(52)47-38-37-43(39-55(47)65)63-66-62(42-22-8-6-9-23-42)67-64(68-63)71-57-34-19-14-29-49(57)51-40-50-48-28-13-18-33-56(48)70(60(50)41-61(51)71)45-25-10-7-11-26-45/h3-41H,2H2,1H3/b5-3-,44-24+. The minimum Gasteiger partial charge on any atom is -0.310 e. The molecule has 0 N–H and O–H groups in total. The summed E-state index contributed by atoms with van der Waals surface area (Å²) in [7, 11) is 0. The molecule has 334 valence electrons. The Bertz CT molecular complexity index is 4160. The number of rotatable bonds is 7. The lowest BCUT2D eigenvalue weighted by molar-refractivity contribution is 0.749. The predicted molar refractivity (Wildman–Crippen MR) is 292 cm³/mol. The fourth-order valence-corrected chi connectivity index (χ4v) is 11.8. The molecule has 0 saturated carbocycles. The molecule has 9 aromatic carbocycles. The normalized spacial score (nSPS) is 13.6. The van der Waals surface area contributed by atoms with Gasteiger partial charge in [0.1, 0.15) is 0 Å². The van der Waals surface area contributed by atoms with Crippen molar-refractivity contribution in [2.75, 3.05) is 4.90 Å². The molecule has 4 heterocycles. The van der Waals surface area contributed by atoms with Gasteiger partial charge in [0.2, 0.25) is 5.95 Å². The summed E-state index contributed by atoms with van der Waals surface area (Å²) in [5.41, 5.74) is 17.0. The van der Waals surface area contributed by atoms with E-state index in [2.05, 4.69) is 233 Å². The molecule has 1 aliphatic heterocycles. The van der Waals surface area contributed by atoms with Crippen LogP contribution in [0.15, 0.2) is 249 Å². The third kappa shape index (κ3) is 5.85. The van der Waals surface area contributed by atoms with Crippen LogP contribution in [-0.2, 0) is 5.41 Å². The number of nitrogens with zero attached hydrogens (tertiary/aromatic N) is 6. The molecule has 71 heavy (non-hydrogen) atoms. The highest BCUT2D eigenvalue weighted by molar-refractivity contribution is 6.19. The highest BCUT2D eigenvalue weighted by atomic mass is 15.2. The van der Waals surface area contributed by atoms with Gasteiger partial charge < -0.3 is 9.47 Å². The molecule has 14 rings (SSSR count). The number of para-hydroxylation sites is 5. The zero-order valence-electron chi connectivity index (χ0n) is 38.9. The van der Waals surface area contributed by atoms with Crippen LogP contribution in [0, 0.1) is 0 Å². The van der Waals surface area contributed by atoms with Gasteiger partial charge in [-0.25, -0.2) is 4.98 Å². The van der Waals surface area contributed by atoms with Crippen molar-refractivity contribution in [3.05, 3.63) is 271 Å². The number of hydrogen-bond acceptors (Lipinski definition) is 4. The molecule has 0 bridgehead atoms. The van der Waals surface area contributed by atoms with E-state index in [0.717, 1.165) is 66.7 Å². The summed E-state index contributed by atoms with van der Waals surface area (Å²) in [4.78, 5) is 18.7. The zero-order chi connectivity index (χ0) is 47.2. The van der Waals surface area contributed by atoms with E-state index in [0.29, 0.717) is 17.6 Å². The maximum Gasteiger partial charge on any atom is 0.238 e. The van der Waals surface area contributed by atoms with Crippen molar-refractivity contribution in [2.24, 2.45) is 0 Å². The van der Waals surface area contributed by atoms with Crippen LogP contribution in [0.2, 0.25) is 0 Å². The van der Waals surface area contributed by atoms with Crippen LogP contribution in [0.4, 0.5) is 11.4 Å². The first-order valence-corrected chi connectivity index (χ1v) is 24.2. The molecular weight excluding hydrogens is 865 g/mol. The SMILES string of the molecule is C=C/C(=C\C=C/C)N1c2ccccc2C2(c3ccccc3-c3ccc(-c4nc(-c5ccccc5)nc(-n5c6ccccc6c6cc7c8ccccc8n(-c8ccccc8)c7cc65)n4)cc32)c2ccccc21. The van der Waals surface area contributed by atoms with Crippen LogP contribution in [0.3, 0.4) is 0 Å². The lowest BCUT2D eigenvalue weighted by Crippen LogP contribution is -2.37. The van der Waals surface area contributed by atoms with E-state index in [9.17, 15) is 0 Å². The first-order valence-electron chi connectivity index (χ1n) is 24.2. The molecule has 6 nitrogen and oxygen atoms in total. The van der Waals surface area contributed by atoms with Crippen LogP contribution in [0.5, 0.6) is 0 Å². The van der Waals surface area contributed by atoms with Gasteiger partial charge in [-0.15, -0.1) is 0 Å². The second-order valence-corrected chi connectivity index (χ2v) is 18.3. The summed E-state index contributed by atoms with van der Waals surface area (Å²) in [6, 6.07) is 76.3. The second-order valence-electron chi connectivity index (χ2n) is 18.3. The Morgan fingerprint density at radius 1 is 0.451 bits per heavy atom. The molecule has 1 spiro atoms. The summed E-state index contributed by atoms with van der Waals surface area (Å²) in [6.07, 6.45) is 8.22. The van der Waals surface area contributed by atoms with Crippen LogP contribution >= 0.6 is 0 Å². The van der Waals surface area contributed by atoms with Gasteiger partial charge in [0.25, 0.3) is 0 Å². The number of aromatic nitrogens is 5. The molecule has 1 aliphatic carbocycles. The quantitative estimate of drug-likeness (QED) is 0.150. The summed E-state index contributed by atoms with van der Waals surface area (Å²) in [5, 5.41) is 4.66. The Hall–Kier alpha value is -9.39. The molecule has 0 unspecified atom stereocenters. The van der Waals surface area contributed by atoms with Crippen molar-refractivity contribution >= 4 is 55.0 Å². The predicted octanol–water partition coefficient (Wildman–Crippen LogP) is 15.9. The van der Waals surface area contributed by atoms with E-state index < -0.39 is 5.41 Å². The monoisotopic (exact) mass is 908 g/mol. The van der Waals surface area contributed by atoms with E-state index in [-0.39, 0.29) is 0 Å². The Labute approximate surface area is 411 Å². The molecule has 12 aromatic rings. The van der Waals surface area contributed by atoms with E-state index in [4.69, 9.17) is 15.0 Å². The molecule has 0 amide bonds. The smallest absolute Gasteiger partial charge is 0.238 e. The number of allylic oxidation sites excluding steroid dienone is 4. The average molecular weight is 909 g/mol. The van der Waals surface area contributed by atoms with E-state index in [1.807, 2.05) is 31.2 Å². The third-order valence-electron chi connectivity index (χ3n) is 14.7. The van der Waals surface area contributed by atoms with Crippen LogP contribution in [0.25, 0.3) is 89.2 Å². The molecule has 6 heteroatoms. The van der Waals surface area contributed by atoms with Gasteiger partial charge in [-0.3, -0.25) is 4.57 Å². The third-order valence-corrected chi connectivity index (χ3v) is 14.7. The van der Waals surface area contributed by atoms with Gasteiger partial charge in [0, 0.05) is 44.1 Å². The first-order chi connectivity index (χ1) is 35.1. The van der Waals surface area contributed by atoms with Crippen molar-refractivity contribution < 1.29 is 0 Å². The number of anilines is 2. The van der Waals surface area contributed by atoms with E-state index in [1.54, 1.807) is 0 Å². The molecule has 2 aliphatic rings. The lowest BCUT2D eigenvalue weighted by atomic mass is 9.64. The van der Waals surface area contributed by atoms with E-state index in [1.165, 1.54) is 44.2 Å². The van der Waals surface area contributed by atoms with Crippen molar-refractivity contribution in [1.82, 2.24) is 24.1 Å². The van der Waals surface area contributed by atoms with E-state index >= 15 is 0 Å². The summed E-state index contributed by atoms with van der Waals surface area (Å²) >= 11 is 0. The van der Waals surface area contributed by atoms with Crippen molar-refractivity contribution in [2.45, 2.75) is 12.3 Å². The number of fused-ring (bicyclic) bond motifs is 15. The van der Waals surface area contributed by atoms with Crippen LogP contribution in [-0.4, -0.2) is 24.1 Å². The van der Waals surface area contributed by atoms with Gasteiger partial charge in [-0.1, -0.05) is 176 Å². The minimum atomic E-state index is -0.661. The first kappa shape index (κ1) is 40.7.